The van der Waals surface area contributed by atoms with Crippen molar-refractivity contribution in [3.63, 3.8) is 0 Å². The summed E-state index contributed by atoms with van der Waals surface area (Å²) in [6.07, 6.45) is 5.30. The molecule has 0 bridgehead atoms. The van der Waals surface area contributed by atoms with Crippen LogP contribution in [-0.4, -0.2) is 40.3 Å². The number of rotatable bonds is 3. The highest BCUT2D eigenvalue weighted by molar-refractivity contribution is 5.78. The van der Waals surface area contributed by atoms with Crippen molar-refractivity contribution < 1.29 is 4.79 Å². The van der Waals surface area contributed by atoms with Gasteiger partial charge in [0.15, 0.2) is 0 Å². The third kappa shape index (κ3) is 4.12. The molecule has 2 aromatic rings. The zero-order valence-corrected chi connectivity index (χ0v) is 17.1. The van der Waals surface area contributed by atoms with Crippen LogP contribution >= 0.6 is 0 Å². The predicted molar refractivity (Wildman–Crippen MR) is 112 cm³/mol. The predicted octanol–water partition coefficient (Wildman–Crippen LogP) is 3.90. The molecule has 1 atom stereocenters. The summed E-state index contributed by atoms with van der Waals surface area (Å²) in [5, 5.41) is 0. The number of pyridine rings is 1. The zero-order valence-electron chi connectivity index (χ0n) is 17.1. The van der Waals surface area contributed by atoms with Gasteiger partial charge < -0.3 is 4.90 Å². The number of amides is 1. The average molecular weight is 378 g/mol. The summed E-state index contributed by atoms with van der Waals surface area (Å²) in [7, 11) is 0. The normalized spacial score (nSPS) is 22.9. The summed E-state index contributed by atoms with van der Waals surface area (Å²) < 4.78 is 0. The third-order valence-corrected chi connectivity index (χ3v) is 6.23. The lowest BCUT2D eigenvalue weighted by Crippen LogP contribution is -2.50. The van der Waals surface area contributed by atoms with Gasteiger partial charge in [0.25, 0.3) is 0 Å². The van der Waals surface area contributed by atoms with E-state index >= 15 is 0 Å². The van der Waals surface area contributed by atoms with Gasteiger partial charge in [0, 0.05) is 43.7 Å². The van der Waals surface area contributed by atoms with Crippen LogP contribution in [0.5, 0.6) is 0 Å². The van der Waals surface area contributed by atoms with Gasteiger partial charge in [-0.25, -0.2) is 0 Å². The first-order valence-electron chi connectivity index (χ1n) is 10.5. The molecule has 0 saturated carbocycles. The van der Waals surface area contributed by atoms with Crippen LogP contribution in [0.25, 0.3) is 0 Å². The van der Waals surface area contributed by atoms with E-state index < -0.39 is 0 Å². The highest BCUT2D eigenvalue weighted by Crippen LogP contribution is 2.39. The van der Waals surface area contributed by atoms with E-state index in [-0.39, 0.29) is 17.2 Å². The number of benzene rings is 1. The number of aromatic nitrogens is 1. The minimum Gasteiger partial charge on any atom is -0.338 e. The van der Waals surface area contributed by atoms with Gasteiger partial charge in [-0.05, 0) is 49.1 Å². The third-order valence-electron chi connectivity index (χ3n) is 6.23. The average Bonchev–Trinajstić information content (AvgIpc) is 2.84. The molecule has 1 aromatic carbocycles. The van der Waals surface area contributed by atoms with Crippen molar-refractivity contribution in [1.29, 1.82) is 0 Å². The van der Waals surface area contributed by atoms with Crippen LogP contribution in [0.2, 0.25) is 0 Å². The van der Waals surface area contributed by atoms with Crippen molar-refractivity contribution in [2.75, 3.05) is 19.6 Å². The maximum atomic E-state index is 13.0. The Balaban J connectivity index is 1.61. The lowest BCUT2D eigenvalue weighted by molar-refractivity contribution is -0.137. The molecule has 0 N–H and O–H groups in total. The standard InChI is InChI=1S/C24H31N3O/c1-19(2)23(28)27-15-21-9-4-3-8-20(21)14-24(18-27)11-7-13-26(17-24)16-22-10-5-6-12-25-22/h3-6,8-10,12,19H,7,11,13-18H2,1-2H3. The van der Waals surface area contributed by atoms with E-state index in [4.69, 9.17) is 0 Å². The first-order valence-corrected chi connectivity index (χ1v) is 10.5. The molecule has 1 aromatic heterocycles. The minimum atomic E-state index is 0.0375. The molecule has 1 fully saturated rings. The molecule has 1 amide bonds. The molecule has 28 heavy (non-hydrogen) atoms. The number of carbonyl (C=O) groups excluding carboxylic acids is 1. The molecule has 0 aliphatic carbocycles. The van der Waals surface area contributed by atoms with E-state index in [2.05, 4.69) is 51.2 Å². The Labute approximate surface area is 168 Å². The van der Waals surface area contributed by atoms with Gasteiger partial charge in [0.05, 0.1) is 5.69 Å². The molecule has 1 unspecified atom stereocenters. The summed E-state index contributed by atoms with van der Waals surface area (Å²) >= 11 is 0. The summed E-state index contributed by atoms with van der Waals surface area (Å²) in [6, 6.07) is 14.8. The van der Waals surface area contributed by atoms with Gasteiger partial charge in [0.2, 0.25) is 5.91 Å². The number of nitrogens with zero attached hydrogens (tertiary/aromatic N) is 3. The van der Waals surface area contributed by atoms with E-state index in [0.717, 1.165) is 44.8 Å². The van der Waals surface area contributed by atoms with E-state index in [1.807, 2.05) is 26.1 Å². The number of hydrogen-bond donors (Lipinski definition) is 0. The van der Waals surface area contributed by atoms with Gasteiger partial charge in [-0.1, -0.05) is 44.2 Å². The number of piperidine rings is 1. The van der Waals surface area contributed by atoms with Crippen LogP contribution in [0.4, 0.5) is 0 Å². The number of likely N-dealkylation sites (tertiary alicyclic amines) is 1. The summed E-state index contributed by atoms with van der Waals surface area (Å²) in [5.41, 5.74) is 3.99. The Bertz CT molecular complexity index is 820. The smallest absolute Gasteiger partial charge is 0.225 e. The van der Waals surface area contributed by atoms with Crippen molar-refractivity contribution in [3.8, 4) is 0 Å². The molecule has 1 saturated heterocycles. The second-order valence-electron chi connectivity index (χ2n) is 8.93. The van der Waals surface area contributed by atoms with E-state index in [1.165, 1.54) is 24.0 Å². The molecule has 4 heteroatoms. The topological polar surface area (TPSA) is 36.4 Å². The van der Waals surface area contributed by atoms with E-state index in [9.17, 15) is 4.79 Å². The van der Waals surface area contributed by atoms with E-state index in [1.54, 1.807) is 0 Å². The lowest BCUT2D eigenvalue weighted by atomic mass is 9.74. The molecule has 4 rings (SSSR count). The van der Waals surface area contributed by atoms with Crippen LogP contribution in [0.3, 0.4) is 0 Å². The molecule has 148 valence electrons. The van der Waals surface area contributed by atoms with Crippen molar-refractivity contribution >= 4 is 5.91 Å². The van der Waals surface area contributed by atoms with Crippen LogP contribution in [-0.2, 0) is 24.3 Å². The molecule has 4 nitrogen and oxygen atoms in total. The highest BCUT2D eigenvalue weighted by atomic mass is 16.2. The fourth-order valence-electron chi connectivity index (χ4n) is 4.97. The molecule has 2 aliphatic rings. The Kier molecular flexibility index (Phi) is 5.49. The Morgan fingerprint density at radius 2 is 1.89 bits per heavy atom. The second kappa shape index (κ2) is 8.04. The minimum absolute atomic E-state index is 0.0375. The molecular formula is C24H31N3O. The Morgan fingerprint density at radius 3 is 2.64 bits per heavy atom. The lowest BCUT2D eigenvalue weighted by Gasteiger charge is -2.44. The molecule has 2 aliphatic heterocycles. The highest BCUT2D eigenvalue weighted by Gasteiger charge is 2.40. The quantitative estimate of drug-likeness (QED) is 0.814. The first-order chi connectivity index (χ1) is 13.5. The van der Waals surface area contributed by atoms with Gasteiger partial charge in [-0.15, -0.1) is 0 Å². The van der Waals surface area contributed by atoms with Crippen molar-refractivity contribution in [1.82, 2.24) is 14.8 Å². The second-order valence-corrected chi connectivity index (χ2v) is 8.93. The van der Waals surface area contributed by atoms with Crippen LogP contribution in [0.15, 0.2) is 48.7 Å². The van der Waals surface area contributed by atoms with Crippen molar-refractivity contribution in [3.05, 3.63) is 65.5 Å². The Hall–Kier alpha value is -2.20. The maximum Gasteiger partial charge on any atom is 0.225 e. The molecule has 0 radical (unpaired) electrons. The fraction of sp³-hybridized carbons (Fsp3) is 0.500. The van der Waals surface area contributed by atoms with Crippen LogP contribution in [0.1, 0.15) is 43.5 Å². The first kappa shape index (κ1) is 19.1. The van der Waals surface area contributed by atoms with Crippen molar-refractivity contribution in [2.45, 2.75) is 46.2 Å². The van der Waals surface area contributed by atoms with Crippen LogP contribution < -0.4 is 0 Å². The number of carbonyl (C=O) groups is 1. The van der Waals surface area contributed by atoms with Crippen molar-refractivity contribution in [2.24, 2.45) is 11.3 Å². The van der Waals surface area contributed by atoms with Gasteiger partial charge in [-0.2, -0.15) is 0 Å². The summed E-state index contributed by atoms with van der Waals surface area (Å²) in [5.74, 6) is 0.313. The molecule has 1 spiro atoms. The molecule has 3 heterocycles. The summed E-state index contributed by atoms with van der Waals surface area (Å²) in [4.78, 5) is 22.1. The largest absolute Gasteiger partial charge is 0.338 e. The maximum absolute atomic E-state index is 13.0. The van der Waals surface area contributed by atoms with E-state index in [0.29, 0.717) is 0 Å². The Morgan fingerprint density at radius 1 is 1.11 bits per heavy atom. The SMILES string of the molecule is CC(C)C(=O)N1Cc2ccccc2CC2(CCCN(Cc3ccccn3)C2)C1. The monoisotopic (exact) mass is 377 g/mol. The number of fused-ring (bicyclic) bond motifs is 1. The zero-order chi connectivity index (χ0) is 19.6. The summed E-state index contributed by atoms with van der Waals surface area (Å²) in [6.45, 7) is 8.66. The van der Waals surface area contributed by atoms with Crippen LogP contribution in [0, 0.1) is 11.3 Å². The van der Waals surface area contributed by atoms with Gasteiger partial charge in [-0.3, -0.25) is 14.7 Å². The fourth-order valence-corrected chi connectivity index (χ4v) is 4.97. The number of hydrogen-bond acceptors (Lipinski definition) is 3. The van der Waals surface area contributed by atoms with Gasteiger partial charge in [0.1, 0.15) is 0 Å². The van der Waals surface area contributed by atoms with Gasteiger partial charge >= 0.3 is 0 Å². The molecular weight excluding hydrogens is 346 g/mol.